The van der Waals surface area contributed by atoms with Gasteiger partial charge in [-0.05, 0) is 29.2 Å². The van der Waals surface area contributed by atoms with E-state index in [4.69, 9.17) is 5.11 Å². The van der Waals surface area contributed by atoms with Gasteiger partial charge < -0.3 is 10.4 Å². The minimum Gasteiger partial charge on any atom is -0.478 e. The van der Waals surface area contributed by atoms with Crippen molar-refractivity contribution in [2.45, 2.75) is 12.3 Å². The first kappa shape index (κ1) is 15.5. The topological polar surface area (TPSA) is 79.3 Å². The number of rotatable bonds is 3. The summed E-state index contributed by atoms with van der Waals surface area (Å²) in [5.41, 5.74) is 3.66. The van der Waals surface area contributed by atoms with E-state index in [-0.39, 0.29) is 17.4 Å². The third kappa shape index (κ3) is 2.81. The summed E-state index contributed by atoms with van der Waals surface area (Å²) >= 11 is 1.38. The number of aromatic carboxylic acids is 1. The molecule has 2 heterocycles. The van der Waals surface area contributed by atoms with Gasteiger partial charge in [0.25, 0.3) is 0 Å². The molecule has 4 rings (SSSR count). The average Bonchev–Trinajstić information content (AvgIpc) is 3.05. The second kappa shape index (κ2) is 6.14. The van der Waals surface area contributed by atoms with Crippen LogP contribution in [0.2, 0.25) is 0 Å². The number of anilines is 1. The van der Waals surface area contributed by atoms with Gasteiger partial charge in [0.15, 0.2) is 0 Å². The Morgan fingerprint density at radius 3 is 2.52 bits per heavy atom. The maximum Gasteiger partial charge on any atom is 0.335 e. The lowest BCUT2D eigenvalue weighted by Crippen LogP contribution is -2.22. The largest absolute Gasteiger partial charge is 0.478 e. The number of hydrogen-bond acceptors (Lipinski definition) is 4. The summed E-state index contributed by atoms with van der Waals surface area (Å²) in [5, 5.41) is 12.0. The molecule has 1 aliphatic heterocycles. The minimum atomic E-state index is -0.960. The fourth-order valence-corrected chi connectivity index (χ4v) is 4.02. The molecule has 0 aliphatic carbocycles. The third-order valence-electron chi connectivity index (χ3n) is 4.30. The maximum atomic E-state index is 12.2. The first-order chi connectivity index (χ1) is 12.1. The Kier molecular flexibility index (Phi) is 3.82. The van der Waals surface area contributed by atoms with E-state index in [1.807, 2.05) is 30.3 Å². The van der Waals surface area contributed by atoms with Crippen molar-refractivity contribution >= 4 is 29.1 Å². The standard InChI is InChI=1S/C19H14N2O3S/c22-15-10-14(11-6-8-13(9-7-11)19(23)24)18-17(20-15)16(21-25-18)12-4-2-1-3-5-12/h1-9,14H,10H2,(H,20,22)(H,23,24). The van der Waals surface area contributed by atoms with Gasteiger partial charge in [-0.25, -0.2) is 4.79 Å². The second-order valence-corrected chi connectivity index (χ2v) is 6.67. The lowest BCUT2D eigenvalue weighted by molar-refractivity contribution is -0.116. The van der Waals surface area contributed by atoms with E-state index in [1.165, 1.54) is 11.5 Å². The van der Waals surface area contributed by atoms with Gasteiger partial charge in [-0.15, -0.1) is 0 Å². The van der Waals surface area contributed by atoms with E-state index < -0.39 is 5.97 Å². The van der Waals surface area contributed by atoms with Crippen LogP contribution in [0, 0.1) is 0 Å². The number of carboxylic acids is 1. The van der Waals surface area contributed by atoms with Gasteiger partial charge in [0.05, 0.1) is 16.1 Å². The zero-order valence-electron chi connectivity index (χ0n) is 13.1. The van der Waals surface area contributed by atoms with Gasteiger partial charge in [0.1, 0.15) is 5.69 Å². The number of carboxylic acid groups (broad SMARTS) is 1. The molecule has 1 unspecified atom stereocenters. The van der Waals surface area contributed by atoms with E-state index in [1.54, 1.807) is 24.3 Å². The zero-order valence-corrected chi connectivity index (χ0v) is 13.9. The Morgan fingerprint density at radius 2 is 1.84 bits per heavy atom. The van der Waals surface area contributed by atoms with Crippen molar-refractivity contribution in [1.82, 2.24) is 4.37 Å². The fraction of sp³-hybridized carbons (Fsp3) is 0.105. The highest BCUT2D eigenvalue weighted by Crippen LogP contribution is 2.44. The first-order valence-corrected chi connectivity index (χ1v) is 8.59. The highest BCUT2D eigenvalue weighted by Gasteiger charge is 2.31. The predicted molar refractivity (Wildman–Crippen MR) is 96.0 cm³/mol. The number of nitrogens with zero attached hydrogens (tertiary/aromatic N) is 1. The van der Waals surface area contributed by atoms with Crippen LogP contribution in [0.3, 0.4) is 0 Å². The van der Waals surface area contributed by atoms with E-state index in [9.17, 15) is 9.59 Å². The lowest BCUT2D eigenvalue weighted by Gasteiger charge is -2.23. The molecule has 1 aliphatic rings. The van der Waals surface area contributed by atoms with E-state index in [2.05, 4.69) is 9.69 Å². The molecule has 124 valence electrons. The van der Waals surface area contributed by atoms with Crippen LogP contribution in [0.15, 0.2) is 54.6 Å². The average molecular weight is 350 g/mol. The van der Waals surface area contributed by atoms with Gasteiger partial charge in [-0.2, -0.15) is 4.37 Å². The molecule has 25 heavy (non-hydrogen) atoms. The molecule has 6 heteroatoms. The van der Waals surface area contributed by atoms with Crippen LogP contribution in [0.25, 0.3) is 11.3 Å². The number of nitrogens with one attached hydrogen (secondary N) is 1. The smallest absolute Gasteiger partial charge is 0.335 e. The molecular formula is C19H14N2O3S. The summed E-state index contributed by atoms with van der Waals surface area (Å²) < 4.78 is 4.56. The number of benzene rings is 2. The molecule has 3 aromatic rings. The SMILES string of the molecule is O=C1CC(c2ccc(C(=O)O)cc2)c2snc(-c3ccccc3)c2N1. The van der Waals surface area contributed by atoms with Gasteiger partial charge in [0.2, 0.25) is 5.91 Å². The molecule has 0 saturated heterocycles. The summed E-state index contributed by atoms with van der Waals surface area (Å²) in [4.78, 5) is 24.3. The molecular weight excluding hydrogens is 336 g/mol. The van der Waals surface area contributed by atoms with E-state index in [0.29, 0.717) is 6.42 Å². The van der Waals surface area contributed by atoms with Gasteiger partial charge in [0, 0.05) is 17.9 Å². The number of aromatic nitrogens is 1. The molecule has 5 nitrogen and oxygen atoms in total. The molecule has 1 aromatic heterocycles. The first-order valence-electron chi connectivity index (χ1n) is 7.81. The Bertz CT molecular complexity index is 949. The van der Waals surface area contributed by atoms with Crippen LogP contribution in [-0.4, -0.2) is 21.4 Å². The van der Waals surface area contributed by atoms with Crippen molar-refractivity contribution in [3.05, 3.63) is 70.6 Å². The summed E-state index contributed by atoms with van der Waals surface area (Å²) in [6.07, 6.45) is 0.329. The Labute approximate surface area is 148 Å². The molecule has 0 radical (unpaired) electrons. The second-order valence-electron chi connectivity index (χ2n) is 5.87. The number of fused-ring (bicyclic) bond motifs is 1. The van der Waals surface area contributed by atoms with E-state index in [0.717, 1.165) is 27.4 Å². The number of hydrogen-bond donors (Lipinski definition) is 2. The van der Waals surface area contributed by atoms with Crippen molar-refractivity contribution in [3.8, 4) is 11.3 Å². The summed E-state index contributed by atoms with van der Waals surface area (Å²) in [5.74, 6) is -1.13. The Balaban J connectivity index is 1.77. The quantitative estimate of drug-likeness (QED) is 0.749. The van der Waals surface area contributed by atoms with Crippen LogP contribution < -0.4 is 5.32 Å². The molecule has 2 aromatic carbocycles. The van der Waals surface area contributed by atoms with Crippen molar-refractivity contribution < 1.29 is 14.7 Å². The maximum absolute atomic E-state index is 12.2. The summed E-state index contributed by atoms with van der Waals surface area (Å²) in [7, 11) is 0. The summed E-state index contributed by atoms with van der Waals surface area (Å²) in [6.45, 7) is 0. The normalized spacial score (nSPS) is 16.2. The number of carbonyl (C=O) groups is 2. The monoisotopic (exact) mass is 350 g/mol. The highest BCUT2D eigenvalue weighted by molar-refractivity contribution is 7.07. The number of amides is 1. The number of carbonyl (C=O) groups excluding carboxylic acids is 1. The lowest BCUT2D eigenvalue weighted by atomic mass is 9.89. The molecule has 0 spiro atoms. The molecule has 0 fully saturated rings. The van der Waals surface area contributed by atoms with Gasteiger partial charge >= 0.3 is 5.97 Å². The van der Waals surface area contributed by atoms with E-state index >= 15 is 0 Å². The molecule has 0 saturated carbocycles. The van der Waals surface area contributed by atoms with Crippen molar-refractivity contribution in [2.24, 2.45) is 0 Å². The highest BCUT2D eigenvalue weighted by atomic mass is 32.1. The minimum absolute atomic E-state index is 0.0582. The van der Waals surface area contributed by atoms with Gasteiger partial charge in [-0.3, -0.25) is 4.79 Å². The molecule has 2 N–H and O–H groups in total. The van der Waals surface area contributed by atoms with Crippen molar-refractivity contribution in [1.29, 1.82) is 0 Å². The Hall–Kier alpha value is -2.99. The van der Waals surface area contributed by atoms with Crippen LogP contribution in [0.5, 0.6) is 0 Å². The fourth-order valence-electron chi connectivity index (χ4n) is 3.05. The van der Waals surface area contributed by atoms with Gasteiger partial charge in [-0.1, -0.05) is 42.5 Å². The molecule has 0 bridgehead atoms. The molecule has 1 amide bonds. The molecule has 1 atom stereocenters. The van der Waals surface area contributed by atoms with Crippen LogP contribution in [0.1, 0.15) is 33.1 Å². The predicted octanol–water partition coefficient (Wildman–Crippen LogP) is 3.98. The Morgan fingerprint density at radius 1 is 1.12 bits per heavy atom. The van der Waals surface area contributed by atoms with Crippen LogP contribution in [0.4, 0.5) is 5.69 Å². The van der Waals surface area contributed by atoms with Crippen molar-refractivity contribution in [2.75, 3.05) is 5.32 Å². The van der Waals surface area contributed by atoms with Crippen LogP contribution in [-0.2, 0) is 4.79 Å². The third-order valence-corrected chi connectivity index (χ3v) is 5.26. The van der Waals surface area contributed by atoms with Crippen molar-refractivity contribution in [3.63, 3.8) is 0 Å². The zero-order chi connectivity index (χ0) is 17.4. The summed E-state index contributed by atoms with van der Waals surface area (Å²) in [6, 6.07) is 16.4. The van der Waals surface area contributed by atoms with Crippen LogP contribution >= 0.6 is 11.5 Å².